The molecule has 5 N–H and O–H groups in total. The number of thiazole rings is 1. The molecule has 0 unspecified atom stereocenters. The third-order valence-electron chi connectivity index (χ3n) is 3.00. The average Bonchev–Trinajstić information content (AvgIpc) is 2.82. The van der Waals surface area contributed by atoms with E-state index in [0.717, 1.165) is 25.0 Å². The molecule has 9 heteroatoms. The van der Waals surface area contributed by atoms with Crippen LogP contribution in [0.15, 0.2) is 4.99 Å². The normalized spacial score (nSPS) is 15.8. The van der Waals surface area contributed by atoms with Gasteiger partial charge in [-0.15, -0.1) is 0 Å². The molecule has 0 amide bonds. The fourth-order valence-electron chi connectivity index (χ4n) is 2.27. The summed E-state index contributed by atoms with van der Waals surface area (Å²) >= 11 is 1.50. The molecule has 1 atom stereocenters. The Bertz CT molecular complexity index is 540. The van der Waals surface area contributed by atoms with Crippen molar-refractivity contribution in [3.8, 4) is 0 Å². The zero-order chi connectivity index (χ0) is 16.5. The van der Waals surface area contributed by atoms with E-state index in [1.165, 1.54) is 16.2 Å². The van der Waals surface area contributed by atoms with Gasteiger partial charge in [0.15, 0.2) is 5.96 Å². The molecule has 1 heterocycles. The van der Waals surface area contributed by atoms with Gasteiger partial charge < -0.3 is 21.3 Å². The van der Waals surface area contributed by atoms with Crippen LogP contribution in [0.2, 0.25) is 0 Å². The number of aryl methyl sites for hydroxylation is 1. The lowest BCUT2D eigenvalue weighted by Crippen LogP contribution is -2.21. The molecule has 2 rings (SSSR count). The van der Waals surface area contributed by atoms with E-state index in [2.05, 4.69) is 9.98 Å². The van der Waals surface area contributed by atoms with Crippen molar-refractivity contribution in [2.75, 3.05) is 6.61 Å². The molecule has 0 radical (unpaired) electrons. The maximum Gasteiger partial charge on any atom is 0.306 e. The highest BCUT2D eigenvalue weighted by Crippen LogP contribution is 2.39. The van der Waals surface area contributed by atoms with Gasteiger partial charge in [-0.05, 0) is 26.2 Å². The van der Waals surface area contributed by atoms with Crippen LogP contribution in [-0.4, -0.2) is 35.1 Å². The summed E-state index contributed by atoms with van der Waals surface area (Å²) in [5.74, 6) is -0.0354. The first-order valence-corrected chi connectivity index (χ1v) is 7.66. The van der Waals surface area contributed by atoms with E-state index in [0.29, 0.717) is 18.2 Å². The van der Waals surface area contributed by atoms with E-state index < -0.39 is 0 Å². The number of carbonyl (C=O) groups excluding carboxylic acids is 1. The largest absolute Gasteiger partial charge is 0.483 e. The maximum absolute atomic E-state index is 11.6. The van der Waals surface area contributed by atoms with Crippen molar-refractivity contribution in [3.05, 3.63) is 10.6 Å². The standard InChI is InChI=1S/C12H18N4O2S.CH2O2/c1-2-18-9(17)6-7-4-3-5-8-10(7)15-12(19-8)16-11(13)14;2-1-3/h7H,2-6H2,1H3,(H4,13,14,15,16);1H,(H,2,3)/t7-;/m0./s1. The Labute approximate surface area is 132 Å². The zero-order valence-corrected chi connectivity index (χ0v) is 13.1. The predicted octanol–water partition coefficient (Wildman–Crippen LogP) is 1.12. The molecule has 1 aliphatic carbocycles. The summed E-state index contributed by atoms with van der Waals surface area (Å²) in [7, 11) is 0. The first-order chi connectivity index (χ1) is 10.5. The third-order valence-corrected chi connectivity index (χ3v) is 4.03. The molecule has 0 aliphatic heterocycles. The summed E-state index contributed by atoms with van der Waals surface area (Å²) in [6, 6.07) is 0. The SMILES string of the molecule is CCOC(=O)C[C@@H]1CCCc2sc(N=C(N)N)nc21.O=CO. The zero-order valence-electron chi connectivity index (χ0n) is 12.3. The number of hydrogen-bond acceptors (Lipinski definition) is 6. The second-order valence-electron chi connectivity index (χ2n) is 4.55. The molecule has 0 aromatic carbocycles. The molecule has 8 nitrogen and oxygen atoms in total. The molecule has 1 aromatic rings. The van der Waals surface area contributed by atoms with Crippen LogP contribution in [0.1, 0.15) is 42.7 Å². The molecule has 122 valence electrons. The van der Waals surface area contributed by atoms with Gasteiger partial charge in [-0.25, -0.2) is 4.98 Å². The number of aromatic nitrogens is 1. The Hall–Kier alpha value is -2.16. The fraction of sp³-hybridized carbons (Fsp3) is 0.538. The van der Waals surface area contributed by atoms with Crippen molar-refractivity contribution in [2.24, 2.45) is 16.5 Å². The van der Waals surface area contributed by atoms with Gasteiger partial charge in [0.2, 0.25) is 5.13 Å². The molecule has 0 bridgehead atoms. The Balaban J connectivity index is 0.000000745. The van der Waals surface area contributed by atoms with E-state index in [1.54, 1.807) is 0 Å². The number of nitrogens with two attached hydrogens (primary N) is 2. The van der Waals surface area contributed by atoms with Gasteiger partial charge in [-0.1, -0.05) is 11.3 Å². The van der Waals surface area contributed by atoms with Gasteiger partial charge >= 0.3 is 5.97 Å². The summed E-state index contributed by atoms with van der Waals surface area (Å²) in [5, 5.41) is 7.46. The Kier molecular flexibility index (Phi) is 7.30. The summed E-state index contributed by atoms with van der Waals surface area (Å²) in [4.78, 5) is 29.6. The van der Waals surface area contributed by atoms with Gasteiger partial charge in [0.25, 0.3) is 6.47 Å². The Morgan fingerprint density at radius 3 is 2.86 bits per heavy atom. The second-order valence-corrected chi connectivity index (χ2v) is 5.61. The van der Waals surface area contributed by atoms with Crippen molar-refractivity contribution in [2.45, 2.75) is 38.5 Å². The first-order valence-electron chi connectivity index (χ1n) is 6.84. The number of esters is 1. The van der Waals surface area contributed by atoms with Crippen LogP contribution in [-0.2, 0) is 20.7 Å². The monoisotopic (exact) mass is 328 g/mol. The topological polar surface area (TPSA) is 141 Å². The lowest BCUT2D eigenvalue weighted by Gasteiger charge is -2.19. The van der Waals surface area contributed by atoms with E-state index in [9.17, 15) is 4.79 Å². The average molecular weight is 328 g/mol. The first kappa shape index (κ1) is 17.9. The Morgan fingerprint density at radius 1 is 1.59 bits per heavy atom. The van der Waals surface area contributed by atoms with Crippen molar-refractivity contribution in [1.82, 2.24) is 4.98 Å². The van der Waals surface area contributed by atoms with Crippen molar-refractivity contribution in [3.63, 3.8) is 0 Å². The van der Waals surface area contributed by atoms with Crippen molar-refractivity contribution >= 4 is 34.9 Å². The van der Waals surface area contributed by atoms with E-state index in [4.69, 9.17) is 26.1 Å². The summed E-state index contributed by atoms with van der Waals surface area (Å²) in [5.41, 5.74) is 11.7. The lowest BCUT2D eigenvalue weighted by atomic mass is 9.88. The van der Waals surface area contributed by atoms with Crippen LogP contribution < -0.4 is 11.5 Å². The number of rotatable bonds is 4. The molecule has 22 heavy (non-hydrogen) atoms. The number of hydrogen-bond donors (Lipinski definition) is 3. The minimum atomic E-state index is -0.250. The van der Waals surface area contributed by atoms with Gasteiger partial charge in [0, 0.05) is 10.8 Å². The Morgan fingerprint density at radius 2 is 2.27 bits per heavy atom. The highest BCUT2D eigenvalue weighted by Gasteiger charge is 2.27. The highest BCUT2D eigenvalue weighted by molar-refractivity contribution is 7.15. The minimum absolute atomic E-state index is 0.00744. The minimum Gasteiger partial charge on any atom is -0.483 e. The van der Waals surface area contributed by atoms with Gasteiger partial charge in [-0.3, -0.25) is 9.59 Å². The van der Waals surface area contributed by atoms with Gasteiger partial charge in [-0.2, -0.15) is 4.99 Å². The van der Waals surface area contributed by atoms with Gasteiger partial charge in [0.05, 0.1) is 18.7 Å². The summed E-state index contributed by atoms with van der Waals surface area (Å²) in [6.07, 6.45) is 3.37. The number of fused-ring (bicyclic) bond motifs is 1. The van der Waals surface area contributed by atoms with Crippen LogP contribution in [0.4, 0.5) is 5.13 Å². The van der Waals surface area contributed by atoms with Crippen LogP contribution in [0.5, 0.6) is 0 Å². The molecule has 1 aromatic heterocycles. The predicted molar refractivity (Wildman–Crippen MR) is 83.2 cm³/mol. The van der Waals surface area contributed by atoms with E-state index >= 15 is 0 Å². The van der Waals surface area contributed by atoms with Crippen LogP contribution in [0.3, 0.4) is 0 Å². The smallest absolute Gasteiger partial charge is 0.306 e. The van der Waals surface area contributed by atoms with Crippen LogP contribution >= 0.6 is 11.3 Å². The van der Waals surface area contributed by atoms with Crippen LogP contribution in [0, 0.1) is 0 Å². The number of guanidine groups is 1. The molecular weight excluding hydrogens is 308 g/mol. The molecule has 0 saturated carbocycles. The van der Waals surface area contributed by atoms with Crippen molar-refractivity contribution in [1.29, 1.82) is 0 Å². The second kappa shape index (κ2) is 8.98. The van der Waals surface area contributed by atoms with E-state index in [1.807, 2.05) is 6.92 Å². The maximum atomic E-state index is 11.6. The summed E-state index contributed by atoms with van der Waals surface area (Å²) < 4.78 is 5.00. The number of carbonyl (C=O) groups is 2. The number of ether oxygens (including phenoxy) is 1. The molecule has 0 saturated heterocycles. The fourth-order valence-corrected chi connectivity index (χ4v) is 3.35. The third kappa shape index (κ3) is 5.32. The quantitative estimate of drug-likeness (QED) is 0.325. The van der Waals surface area contributed by atoms with E-state index in [-0.39, 0.29) is 24.3 Å². The number of carboxylic acid groups (broad SMARTS) is 1. The number of aliphatic imine (C=N–C) groups is 1. The number of nitrogens with zero attached hydrogens (tertiary/aromatic N) is 2. The van der Waals surface area contributed by atoms with Crippen LogP contribution in [0.25, 0.3) is 0 Å². The van der Waals surface area contributed by atoms with Crippen molar-refractivity contribution < 1.29 is 19.4 Å². The lowest BCUT2D eigenvalue weighted by molar-refractivity contribution is -0.143. The molecule has 0 fully saturated rings. The molecule has 1 aliphatic rings. The highest BCUT2D eigenvalue weighted by atomic mass is 32.1. The van der Waals surface area contributed by atoms with Gasteiger partial charge in [0.1, 0.15) is 0 Å². The molecule has 0 spiro atoms. The summed E-state index contributed by atoms with van der Waals surface area (Å²) in [6.45, 7) is 1.97. The molecular formula is C13H20N4O4S.